The summed E-state index contributed by atoms with van der Waals surface area (Å²) >= 11 is 0. The van der Waals surface area contributed by atoms with Crippen LogP contribution in [0.4, 0.5) is 10.1 Å². The molecule has 20 heavy (non-hydrogen) atoms. The minimum absolute atomic E-state index is 0.0800. The number of likely N-dealkylation sites (N-methyl/N-ethyl adjacent to an activating group) is 1. The Morgan fingerprint density at radius 3 is 2.30 bits per heavy atom. The Morgan fingerprint density at radius 1 is 1.20 bits per heavy atom. The molecule has 0 aliphatic rings. The molecule has 0 radical (unpaired) electrons. The molecule has 112 valence electrons. The van der Waals surface area contributed by atoms with Gasteiger partial charge in [0.1, 0.15) is 5.82 Å². The molecule has 0 saturated carbocycles. The maximum Gasteiger partial charge on any atom is 0.242 e. The monoisotopic (exact) mass is 281 g/mol. The van der Waals surface area contributed by atoms with Gasteiger partial charge in [0.05, 0.1) is 6.54 Å². The van der Waals surface area contributed by atoms with Crippen LogP contribution in [0, 0.1) is 5.82 Å². The van der Waals surface area contributed by atoms with Crippen LogP contribution in [0.15, 0.2) is 24.3 Å². The van der Waals surface area contributed by atoms with E-state index in [1.807, 2.05) is 18.7 Å². The Kier molecular flexibility index (Phi) is 7.01. The van der Waals surface area contributed by atoms with E-state index in [4.69, 9.17) is 5.73 Å². The lowest BCUT2D eigenvalue weighted by Crippen LogP contribution is -2.41. The van der Waals surface area contributed by atoms with E-state index < -0.39 is 0 Å². The zero-order valence-corrected chi connectivity index (χ0v) is 12.3. The van der Waals surface area contributed by atoms with Crippen LogP contribution in [-0.4, -0.2) is 43.5 Å². The number of benzene rings is 1. The highest BCUT2D eigenvalue weighted by Gasteiger charge is 2.15. The molecular weight excluding hydrogens is 257 g/mol. The molecule has 0 atom stereocenters. The van der Waals surface area contributed by atoms with E-state index in [0.717, 1.165) is 12.1 Å². The second-order valence-electron chi connectivity index (χ2n) is 4.61. The average Bonchev–Trinajstić information content (AvgIpc) is 2.45. The maximum atomic E-state index is 13.0. The highest BCUT2D eigenvalue weighted by atomic mass is 19.1. The number of anilines is 1. The normalized spacial score (nSPS) is 10.4. The zero-order valence-electron chi connectivity index (χ0n) is 12.3. The van der Waals surface area contributed by atoms with Crippen LogP contribution in [-0.2, 0) is 4.79 Å². The van der Waals surface area contributed by atoms with Gasteiger partial charge in [0.2, 0.25) is 5.91 Å². The van der Waals surface area contributed by atoms with Crippen LogP contribution < -0.4 is 10.6 Å². The summed E-state index contributed by atoms with van der Waals surface area (Å²) in [6.45, 7) is 6.87. The molecule has 1 aromatic carbocycles. The number of hydrogen-bond acceptors (Lipinski definition) is 3. The zero-order chi connectivity index (χ0) is 15.0. The molecular formula is C15H24FN3O. The van der Waals surface area contributed by atoms with Crippen molar-refractivity contribution in [3.05, 3.63) is 30.1 Å². The van der Waals surface area contributed by atoms with E-state index in [2.05, 4.69) is 0 Å². The van der Waals surface area contributed by atoms with Gasteiger partial charge < -0.3 is 15.5 Å². The van der Waals surface area contributed by atoms with Gasteiger partial charge in [0.15, 0.2) is 0 Å². The standard InChI is InChI=1S/C15H24FN3O/c1-3-18(4-2)15(20)12-19(11-5-10-17)14-8-6-13(16)7-9-14/h6-9H,3-5,10-12,17H2,1-2H3. The number of nitrogens with zero attached hydrogens (tertiary/aromatic N) is 2. The number of halogens is 1. The number of nitrogens with two attached hydrogens (primary N) is 1. The minimum Gasteiger partial charge on any atom is -0.362 e. The van der Waals surface area contributed by atoms with E-state index in [9.17, 15) is 9.18 Å². The van der Waals surface area contributed by atoms with Crippen molar-refractivity contribution in [2.75, 3.05) is 37.6 Å². The lowest BCUT2D eigenvalue weighted by atomic mass is 10.2. The van der Waals surface area contributed by atoms with Gasteiger partial charge >= 0.3 is 0 Å². The second-order valence-corrected chi connectivity index (χ2v) is 4.61. The summed E-state index contributed by atoms with van der Waals surface area (Å²) in [4.78, 5) is 15.9. The highest BCUT2D eigenvalue weighted by Crippen LogP contribution is 2.15. The van der Waals surface area contributed by atoms with Gasteiger partial charge in [-0.1, -0.05) is 0 Å². The quantitative estimate of drug-likeness (QED) is 0.791. The first-order valence-electron chi connectivity index (χ1n) is 7.10. The fraction of sp³-hybridized carbons (Fsp3) is 0.533. The third kappa shape index (κ3) is 4.81. The van der Waals surface area contributed by atoms with Gasteiger partial charge in [-0.25, -0.2) is 4.39 Å². The van der Waals surface area contributed by atoms with E-state index in [1.165, 1.54) is 12.1 Å². The van der Waals surface area contributed by atoms with Gasteiger partial charge in [-0.2, -0.15) is 0 Å². The van der Waals surface area contributed by atoms with Crippen molar-refractivity contribution >= 4 is 11.6 Å². The highest BCUT2D eigenvalue weighted by molar-refractivity contribution is 5.81. The molecule has 1 aromatic rings. The van der Waals surface area contributed by atoms with Crippen molar-refractivity contribution in [2.24, 2.45) is 5.73 Å². The lowest BCUT2D eigenvalue weighted by molar-refractivity contribution is -0.129. The second kappa shape index (κ2) is 8.53. The molecule has 0 aliphatic carbocycles. The van der Waals surface area contributed by atoms with Crippen LogP contribution in [0.1, 0.15) is 20.3 Å². The largest absolute Gasteiger partial charge is 0.362 e. The van der Waals surface area contributed by atoms with Crippen molar-refractivity contribution in [3.8, 4) is 0 Å². The molecule has 0 aromatic heterocycles. The summed E-state index contributed by atoms with van der Waals surface area (Å²) < 4.78 is 13.0. The first-order valence-corrected chi connectivity index (χ1v) is 7.10. The number of carbonyl (C=O) groups excluding carboxylic acids is 1. The van der Waals surface area contributed by atoms with E-state index >= 15 is 0 Å². The number of hydrogen-bond donors (Lipinski definition) is 1. The molecule has 1 amide bonds. The van der Waals surface area contributed by atoms with Gasteiger partial charge in [-0.05, 0) is 51.1 Å². The molecule has 0 spiro atoms. The third-order valence-corrected chi connectivity index (χ3v) is 3.27. The topological polar surface area (TPSA) is 49.6 Å². The van der Waals surface area contributed by atoms with Crippen LogP contribution in [0.5, 0.6) is 0 Å². The number of amides is 1. The van der Waals surface area contributed by atoms with Crippen molar-refractivity contribution in [3.63, 3.8) is 0 Å². The summed E-state index contributed by atoms with van der Waals surface area (Å²) in [6.07, 6.45) is 0.795. The van der Waals surface area contributed by atoms with Crippen LogP contribution in [0.3, 0.4) is 0 Å². The van der Waals surface area contributed by atoms with Crippen molar-refractivity contribution in [1.82, 2.24) is 4.90 Å². The Morgan fingerprint density at radius 2 is 1.80 bits per heavy atom. The third-order valence-electron chi connectivity index (χ3n) is 3.27. The van der Waals surface area contributed by atoms with Crippen LogP contribution in [0.2, 0.25) is 0 Å². The first kappa shape index (κ1) is 16.4. The fourth-order valence-corrected chi connectivity index (χ4v) is 2.07. The first-order chi connectivity index (χ1) is 9.62. The van der Waals surface area contributed by atoms with E-state index in [0.29, 0.717) is 32.7 Å². The van der Waals surface area contributed by atoms with Crippen molar-refractivity contribution < 1.29 is 9.18 Å². The Balaban J connectivity index is 2.78. The molecule has 4 nitrogen and oxygen atoms in total. The minimum atomic E-state index is -0.275. The smallest absolute Gasteiger partial charge is 0.242 e. The number of rotatable bonds is 8. The Bertz CT molecular complexity index is 404. The average molecular weight is 281 g/mol. The van der Waals surface area contributed by atoms with Gasteiger partial charge in [-0.3, -0.25) is 4.79 Å². The molecule has 0 bridgehead atoms. The molecule has 0 heterocycles. The Labute approximate surface area is 120 Å². The Hall–Kier alpha value is -1.62. The van der Waals surface area contributed by atoms with E-state index in [-0.39, 0.29) is 11.7 Å². The van der Waals surface area contributed by atoms with Crippen molar-refractivity contribution in [1.29, 1.82) is 0 Å². The van der Waals surface area contributed by atoms with Crippen LogP contribution >= 0.6 is 0 Å². The molecule has 0 unspecified atom stereocenters. The molecule has 0 fully saturated rings. The maximum absolute atomic E-state index is 13.0. The summed E-state index contributed by atoms with van der Waals surface area (Å²) in [5.74, 6) is -0.195. The predicted molar refractivity (Wildman–Crippen MR) is 80.2 cm³/mol. The summed E-state index contributed by atoms with van der Waals surface area (Å²) in [5, 5.41) is 0. The SMILES string of the molecule is CCN(CC)C(=O)CN(CCCN)c1ccc(F)cc1. The van der Waals surface area contributed by atoms with Gasteiger partial charge in [0, 0.05) is 25.3 Å². The van der Waals surface area contributed by atoms with Crippen molar-refractivity contribution in [2.45, 2.75) is 20.3 Å². The lowest BCUT2D eigenvalue weighted by Gasteiger charge is -2.27. The molecule has 1 rings (SSSR count). The molecule has 0 aliphatic heterocycles. The summed E-state index contributed by atoms with van der Waals surface area (Å²) in [7, 11) is 0. The van der Waals surface area contributed by atoms with Crippen LogP contribution in [0.25, 0.3) is 0 Å². The van der Waals surface area contributed by atoms with Gasteiger partial charge in [0.25, 0.3) is 0 Å². The number of carbonyl (C=O) groups is 1. The molecule has 0 saturated heterocycles. The molecule has 2 N–H and O–H groups in total. The predicted octanol–water partition coefficient (Wildman–Crippen LogP) is 1.85. The fourth-order valence-electron chi connectivity index (χ4n) is 2.07. The van der Waals surface area contributed by atoms with E-state index in [1.54, 1.807) is 17.0 Å². The summed E-state index contributed by atoms with van der Waals surface area (Å²) in [5.41, 5.74) is 6.39. The molecule has 5 heteroatoms. The summed E-state index contributed by atoms with van der Waals surface area (Å²) in [6, 6.07) is 6.21. The van der Waals surface area contributed by atoms with Gasteiger partial charge in [-0.15, -0.1) is 0 Å².